The van der Waals surface area contributed by atoms with Crippen LogP contribution in [0.5, 0.6) is 11.5 Å². The van der Waals surface area contributed by atoms with Gasteiger partial charge in [-0.2, -0.15) is 0 Å². The number of carbonyl (C=O) groups excluding carboxylic acids is 2. The van der Waals surface area contributed by atoms with E-state index in [0.29, 0.717) is 12.3 Å². The van der Waals surface area contributed by atoms with Crippen molar-refractivity contribution in [2.45, 2.75) is 39.3 Å². The van der Waals surface area contributed by atoms with E-state index >= 15 is 0 Å². The van der Waals surface area contributed by atoms with Crippen LogP contribution in [0.1, 0.15) is 32.3 Å². The van der Waals surface area contributed by atoms with Crippen molar-refractivity contribution in [2.75, 3.05) is 37.9 Å². The third kappa shape index (κ3) is 8.12. The Labute approximate surface area is 221 Å². The molecule has 0 aromatic heterocycles. The fraction of sp³-hybridized carbons (Fsp3) is 0.440. The van der Waals surface area contributed by atoms with E-state index in [1.54, 1.807) is 19.1 Å². The number of sulfonamides is 1. The van der Waals surface area contributed by atoms with Crippen LogP contribution in [0.4, 0.5) is 5.69 Å². The van der Waals surface area contributed by atoms with Gasteiger partial charge in [-0.25, -0.2) is 8.42 Å². The van der Waals surface area contributed by atoms with Crippen molar-refractivity contribution in [2.24, 2.45) is 0 Å². The molecular weight excluding hydrogens is 550 g/mol. The summed E-state index contributed by atoms with van der Waals surface area (Å²) >= 11 is 3.39. The molecule has 2 rings (SSSR count). The van der Waals surface area contributed by atoms with Crippen LogP contribution in [0.15, 0.2) is 46.9 Å². The van der Waals surface area contributed by atoms with Gasteiger partial charge in [-0.05, 0) is 43.2 Å². The number of nitrogens with one attached hydrogen (secondary N) is 1. The van der Waals surface area contributed by atoms with Crippen LogP contribution in [-0.4, -0.2) is 64.7 Å². The first-order valence-corrected chi connectivity index (χ1v) is 14.2. The van der Waals surface area contributed by atoms with Crippen LogP contribution in [0.25, 0.3) is 0 Å². The van der Waals surface area contributed by atoms with Gasteiger partial charge in [-0.1, -0.05) is 41.4 Å². The Balaban J connectivity index is 2.43. The third-order valence-electron chi connectivity index (χ3n) is 5.60. The van der Waals surface area contributed by atoms with Gasteiger partial charge in [0.2, 0.25) is 21.8 Å². The van der Waals surface area contributed by atoms with E-state index < -0.39 is 28.5 Å². The minimum absolute atomic E-state index is 0.126. The second-order valence-corrected chi connectivity index (χ2v) is 11.1. The number of nitrogens with zero attached hydrogens (tertiary/aromatic N) is 2. The molecule has 0 bridgehead atoms. The summed E-state index contributed by atoms with van der Waals surface area (Å²) in [6.45, 7) is 3.75. The standard InChI is InChI=1S/C25H34BrN3O6S/c1-6-7-14-27-25(31)18(2)28(16-19-8-10-20(26)11-9-19)24(30)17-29(36(5,32)33)22-15-21(34-3)12-13-23(22)35-4/h8-13,15,18H,6-7,14,16-17H2,1-5H3,(H,27,31). The number of hydrogen-bond donors (Lipinski definition) is 1. The summed E-state index contributed by atoms with van der Waals surface area (Å²) in [5, 5.41) is 2.85. The zero-order valence-corrected chi connectivity index (χ0v) is 23.7. The number of rotatable bonds is 13. The van der Waals surface area contributed by atoms with Gasteiger partial charge in [0.15, 0.2) is 0 Å². The summed E-state index contributed by atoms with van der Waals surface area (Å²) in [7, 11) is -1.03. The number of methoxy groups -OCH3 is 2. The quantitative estimate of drug-likeness (QED) is 0.361. The smallest absolute Gasteiger partial charge is 0.244 e. The number of ether oxygens (including phenoxy) is 2. The highest BCUT2D eigenvalue weighted by molar-refractivity contribution is 9.10. The Morgan fingerprint density at radius 3 is 2.31 bits per heavy atom. The van der Waals surface area contributed by atoms with Crippen LogP contribution in [0.2, 0.25) is 0 Å². The molecule has 1 unspecified atom stereocenters. The highest BCUT2D eigenvalue weighted by Gasteiger charge is 2.31. The van der Waals surface area contributed by atoms with Crippen LogP contribution in [0.3, 0.4) is 0 Å². The monoisotopic (exact) mass is 583 g/mol. The maximum absolute atomic E-state index is 13.6. The number of benzene rings is 2. The van der Waals surface area contributed by atoms with E-state index in [2.05, 4.69) is 21.2 Å². The lowest BCUT2D eigenvalue weighted by Crippen LogP contribution is -2.51. The fourth-order valence-electron chi connectivity index (χ4n) is 3.49. The molecular formula is C25H34BrN3O6S. The van der Waals surface area contributed by atoms with E-state index in [-0.39, 0.29) is 23.9 Å². The largest absolute Gasteiger partial charge is 0.497 e. The maximum Gasteiger partial charge on any atom is 0.244 e. The second-order valence-electron chi connectivity index (χ2n) is 8.28. The predicted octanol–water partition coefficient (Wildman–Crippen LogP) is 3.57. The molecule has 0 saturated carbocycles. The zero-order chi connectivity index (χ0) is 26.9. The zero-order valence-electron chi connectivity index (χ0n) is 21.3. The minimum atomic E-state index is -3.90. The molecule has 2 amide bonds. The summed E-state index contributed by atoms with van der Waals surface area (Å²) in [4.78, 5) is 27.9. The molecule has 0 aliphatic heterocycles. The first-order valence-electron chi connectivity index (χ1n) is 11.5. The third-order valence-corrected chi connectivity index (χ3v) is 7.25. The summed E-state index contributed by atoms with van der Waals surface area (Å²) < 4.78 is 38.1. The first kappa shape index (κ1) is 29.4. The van der Waals surface area contributed by atoms with Crippen molar-refractivity contribution >= 4 is 43.5 Å². The van der Waals surface area contributed by atoms with Gasteiger partial charge in [-0.15, -0.1) is 0 Å². The van der Waals surface area contributed by atoms with E-state index in [4.69, 9.17) is 9.47 Å². The summed E-state index contributed by atoms with van der Waals surface area (Å²) in [6.07, 6.45) is 2.75. The van der Waals surface area contributed by atoms with Crippen molar-refractivity contribution in [3.63, 3.8) is 0 Å². The molecule has 0 aliphatic rings. The lowest BCUT2D eigenvalue weighted by molar-refractivity contribution is -0.139. The van der Waals surface area contributed by atoms with E-state index in [1.807, 2.05) is 31.2 Å². The van der Waals surface area contributed by atoms with Crippen molar-refractivity contribution in [3.05, 3.63) is 52.5 Å². The topological polar surface area (TPSA) is 105 Å². The molecule has 9 nitrogen and oxygen atoms in total. The average molecular weight is 585 g/mol. The highest BCUT2D eigenvalue weighted by atomic mass is 79.9. The van der Waals surface area contributed by atoms with Gasteiger partial charge in [0.1, 0.15) is 24.1 Å². The normalized spacial score (nSPS) is 11.9. The highest BCUT2D eigenvalue weighted by Crippen LogP contribution is 2.34. The fourth-order valence-corrected chi connectivity index (χ4v) is 4.60. The SMILES string of the molecule is CCCCNC(=O)C(C)N(Cc1ccc(Br)cc1)C(=O)CN(c1cc(OC)ccc1OC)S(C)(=O)=O. The van der Waals surface area contributed by atoms with Gasteiger partial charge < -0.3 is 19.7 Å². The van der Waals surface area contributed by atoms with Gasteiger partial charge in [-0.3, -0.25) is 13.9 Å². The van der Waals surface area contributed by atoms with Crippen LogP contribution in [0, 0.1) is 0 Å². The molecule has 0 saturated heterocycles. The Hall–Kier alpha value is -2.79. The number of halogens is 1. The van der Waals surface area contributed by atoms with Crippen LogP contribution in [-0.2, 0) is 26.2 Å². The molecule has 0 aliphatic carbocycles. The Bertz CT molecular complexity index is 1140. The van der Waals surface area contributed by atoms with Crippen LogP contribution >= 0.6 is 15.9 Å². The molecule has 1 atom stereocenters. The van der Waals surface area contributed by atoms with Crippen molar-refractivity contribution in [3.8, 4) is 11.5 Å². The summed E-state index contributed by atoms with van der Waals surface area (Å²) in [5.74, 6) is -0.175. The molecule has 36 heavy (non-hydrogen) atoms. The lowest BCUT2D eigenvalue weighted by atomic mass is 10.1. The predicted molar refractivity (Wildman–Crippen MR) is 144 cm³/mol. The summed E-state index contributed by atoms with van der Waals surface area (Å²) in [5.41, 5.74) is 0.959. The number of anilines is 1. The van der Waals surface area contributed by atoms with Gasteiger partial charge in [0.25, 0.3) is 0 Å². The number of carbonyl (C=O) groups is 2. The average Bonchev–Trinajstić information content (AvgIpc) is 2.85. The second kappa shape index (κ2) is 13.5. The van der Waals surface area contributed by atoms with Gasteiger partial charge in [0, 0.05) is 23.6 Å². The van der Waals surface area contributed by atoms with Crippen molar-refractivity contribution in [1.82, 2.24) is 10.2 Å². The van der Waals surface area contributed by atoms with Gasteiger partial charge >= 0.3 is 0 Å². The molecule has 0 heterocycles. The van der Waals surface area contributed by atoms with Crippen molar-refractivity contribution < 1.29 is 27.5 Å². The minimum Gasteiger partial charge on any atom is -0.497 e. The number of amides is 2. The molecule has 198 valence electrons. The molecule has 2 aromatic rings. The van der Waals surface area contributed by atoms with Crippen molar-refractivity contribution in [1.29, 1.82) is 0 Å². The number of hydrogen-bond acceptors (Lipinski definition) is 6. The lowest BCUT2D eigenvalue weighted by Gasteiger charge is -2.32. The Morgan fingerprint density at radius 2 is 1.75 bits per heavy atom. The first-order chi connectivity index (χ1) is 17.0. The molecule has 2 aromatic carbocycles. The van der Waals surface area contributed by atoms with E-state index in [9.17, 15) is 18.0 Å². The van der Waals surface area contributed by atoms with Crippen LogP contribution < -0.4 is 19.1 Å². The summed E-state index contributed by atoms with van der Waals surface area (Å²) in [6, 6.07) is 11.2. The van der Waals surface area contributed by atoms with E-state index in [0.717, 1.165) is 33.4 Å². The molecule has 0 fully saturated rings. The molecule has 1 N–H and O–H groups in total. The Kier molecular flexibility index (Phi) is 11.0. The maximum atomic E-state index is 13.6. The Morgan fingerprint density at radius 1 is 1.08 bits per heavy atom. The van der Waals surface area contributed by atoms with E-state index in [1.165, 1.54) is 25.2 Å². The number of unbranched alkanes of at least 4 members (excludes halogenated alkanes) is 1. The van der Waals surface area contributed by atoms with Gasteiger partial charge in [0.05, 0.1) is 26.2 Å². The molecule has 0 spiro atoms. The molecule has 11 heteroatoms. The molecule has 0 radical (unpaired) electrons.